The van der Waals surface area contributed by atoms with Crippen LogP contribution in [0.5, 0.6) is 0 Å². The van der Waals surface area contributed by atoms with Gasteiger partial charge >= 0.3 is 12.1 Å². The molecule has 1 saturated heterocycles. The first-order chi connectivity index (χ1) is 20.3. The van der Waals surface area contributed by atoms with Gasteiger partial charge in [-0.3, -0.25) is 19.8 Å². The first kappa shape index (κ1) is 31.5. The Bertz CT molecular complexity index is 1540. The van der Waals surface area contributed by atoms with Gasteiger partial charge in [-0.25, -0.2) is 0 Å². The number of carboxylic acid groups (broad SMARTS) is 1. The number of β-amino-alcohol motifs (C(OH)–C–C–N with tert-alkyl or cyclic N) is 1. The van der Waals surface area contributed by atoms with Crippen LogP contribution in [-0.4, -0.2) is 62.5 Å². The number of nitro benzene ring substituents is 1. The maximum Gasteiger partial charge on any atom is 0.422 e. The fourth-order valence-corrected chi connectivity index (χ4v) is 5.19. The smallest absolute Gasteiger partial charge is 0.422 e. The second kappa shape index (κ2) is 12.8. The third kappa shape index (κ3) is 7.51. The zero-order chi connectivity index (χ0) is 31.4. The molecule has 0 spiro atoms. The van der Waals surface area contributed by atoms with Gasteiger partial charge in [-0.2, -0.15) is 13.2 Å². The number of aliphatic hydroxyl groups is 1. The molecule has 1 aliphatic heterocycles. The number of aliphatic carboxylic acids is 1. The number of carboxylic acids is 1. The van der Waals surface area contributed by atoms with Crippen LogP contribution in [0.15, 0.2) is 91.4 Å². The number of ether oxygens (including phenoxy) is 1. The van der Waals surface area contributed by atoms with Crippen LogP contribution in [-0.2, 0) is 21.7 Å². The summed E-state index contributed by atoms with van der Waals surface area (Å²) in [6.07, 6.45) is -0.643. The number of non-ortho nitro benzene ring substituents is 1. The molecule has 1 aromatic heterocycles. The van der Waals surface area contributed by atoms with E-state index in [4.69, 9.17) is 9.84 Å². The lowest BCUT2D eigenvalue weighted by Crippen LogP contribution is -2.53. The second-order valence-corrected chi connectivity index (χ2v) is 10.6. The van der Waals surface area contributed by atoms with Crippen molar-refractivity contribution < 1.29 is 37.8 Å². The zero-order valence-corrected chi connectivity index (χ0v) is 23.3. The standard InChI is InChI=1S/C31H32F3N3O6/c1-21(16-29(38)39)8-9-22(2)43-25-12-14-35(15-13-25)20-30(40,31(32,33)34)27-19-36(18-23-6-4-3-5-7-23)28-17-24(37(41)42)10-11-26(27)28/h3-11,17,19,25,40H,1-2,12-16,18,20H2,(H,38,39)/b9-8-. The van der Waals surface area contributed by atoms with Crippen molar-refractivity contribution in [2.75, 3.05) is 19.6 Å². The Morgan fingerprint density at radius 3 is 2.40 bits per heavy atom. The molecule has 1 unspecified atom stereocenters. The number of hydrogen-bond donors (Lipinski definition) is 2. The quantitative estimate of drug-likeness (QED) is 0.115. The van der Waals surface area contributed by atoms with Crippen molar-refractivity contribution in [3.63, 3.8) is 0 Å². The van der Waals surface area contributed by atoms with Crippen molar-refractivity contribution in [2.24, 2.45) is 0 Å². The van der Waals surface area contributed by atoms with Crippen molar-refractivity contribution in [1.82, 2.24) is 9.47 Å². The third-order valence-electron chi connectivity index (χ3n) is 7.38. The van der Waals surface area contributed by atoms with Crippen molar-refractivity contribution in [1.29, 1.82) is 0 Å². The minimum absolute atomic E-state index is 0.0761. The van der Waals surface area contributed by atoms with Gasteiger partial charge in [0.25, 0.3) is 5.69 Å². The van der Waals surface area contributed by atoms with Gasteiger partial charge in [0.05, 0.1) is 16.9 Å². The number of carbonyl (C=O) groups is 1. The van der Waals surface area contributed by atoms with Crippen LogP contribution in [0.25, 0.3) is 10.9 Å². The average Bonchev–Trinajstić information content (AvgIpc) is 3.30. The van der Waals surface area contributed by atoms with Crippen molar-refractivity contribution in [3.05, 3.63) is 113 Å². The number of allylic oxidation sites excluding steroid dienone is 2. The Hall–Kier alpha value is -4.42. The van der Waals surface area contributed by atoms with Gasteiger partial charge in [0.15, 0.2) is 0 Å². The fraction of sp³-hybridized carbons (Fsp3) is 0.323. The number of nitro groups is 1. The normalized spacial score (nSPS) is 16.3. The van der Waals surface area contributed by atoms with Gasteiger partial charge in [0, 0.05) is 55.5 Å². The molecule has 0 aliphatic carbocycles. The monoisotopic (exact) mass is 599 g/mol. The SMILES string of the molecule is C=C(/C=C\C(=C)OC1CCN(CC(O)(c2cn(Cc3ccccc3)c3cc([N+](=O)[O-])ccc23)C(F)(F)F)CC1)CC(=O)O. The topological polar surface area (TPSA) is 118 Å². The number of aromatic nitrogens is 1. The fourth-order valence-electron chi connectivity index (χ4n) is 5.19. The van der Waals surface area contributed by atoms with E-state index in [0.29, 0.717) is 18.4 Å². The van der Waals surface area contributed by atoms with Crippen LogP contribution in [0.3, 0.4) is 0 Å². The molecule has 9 nitrogen and oxygen atoms in total. The summed E-state index contributed by atoms with van der Waals surface area (Å²) in [4.78, 5) is 23.1. The average molecular weight is 600 g/mol. The first-order valence-corrected chi connectivity index (χ1v) is 13.5. The van der Waals surface area contributed by atoms with Crippen molar-refractivity contribution >= 4 is 22.6 Å². The summed E-state index contributed by atoms with van der Waals surface area (Å²) in [5.74, 6) is -0.744. The summed E-state index contributed by atoms with van der Waals surface area (Å²) < 4.78 is 51.4. The van der Waals surface area contributed by atoms with Crippen LogP contribution in [0, 0.1) is 10.1 Å². The van der Waals surface area contributed by atoms with E-state index < -0.39 is 29.2 Å². The highest BCUT2D eigenvalue weighted by Gasteiger charge is 2.57. The van der Waals surface area contributed by atoms with Gasteiger partial charge in [-0.1, -0.05) is 49.6 Å². The molecule has 1 aliphatic rings. The number of benzene rings is 2. The number of alkyl halides is 3. The maximum atomic E-state index is 14.7. The number of halogens is 3. The highest BCUT2D eigenvalue weighted by molar-refractivity contribution is 5.87. The Kier molecular flexibility index (Phi) is 9.41. The largest absolute Gasteiger partial charge is 0.491 e. The summed E-state index contributed by atoms with van der Waals surface area (Å²) in [6, 6.07) is 12.6. The van der Waals surface area contributed by atoms with E-state index in [9.17, 15) is 33.2 Å². The van der Waals surface area contributed by atoms with E-state index in [1.54, 1.807) is 30.3 Å². The first-order valence-electron chi connectivity index (χ1n) is 13.5. The maximum absolute atomic E-state index is 14.7. The van der Waals surface area contributed by atoms with Gasteiger partial charge in [0.2, 0.25) is 5.60 Å². The van der Waals surface area contributed by atoms with E-state index in [2.05, 4.69) is 13.2 Å². The van der Waals surface area contributed by atoms with Gasteiger partial charge < -0.3 is 19.5 Å². The molecular weight excluding hydrogens is 567 g/mol. The highest BCUT2D eigenvalue weighted by Crippen LogP contribution is 2.44. The lowest BCUT2D eigenvalue weighted by atomic mass is 9.91. The number of likely N-dealkylation sites (tertiary alicyclic amines) is 1. The molecule has 1 fully saturated rings. The number of hydrogen-bond acceptors (Lipinski definition) is 6. The van der Waals surface area contributed by atoms with Crippen molar-refractivity contribution in [3.8, 4) is 0 Å². The van der Waals surface area contributed by atoms with E-state index >= 15 is 0 Å². The molecule has 4 rings (SSSR count). The third-order valence-corrected chi connectivity index (χ3v) is 7.38. The van der Waals surface area contributed by atoms with Crippen LogP contribution >= 0.6 is 0 Å². The molecule has 228 valence electrons. The van der Waals surface area contributed by atoms with Crippen LogP contribution < -0.4 is 0 Å². The number of fused-ring (bicyclic) bond motifs is 1. The van der Waals surface area contributed by atoms with E-state index in [-0.39, 0.29) is 60.1 Å². The van der Waals surface area contributed by atoms with E-state index in [1.165, 1.54) is 39.9 Å². The molecule has 2 heterocycles. The molecule has 0 radical (unpaired) electrons. The summed E-state index contributed by atoms with van der Waals surface area (Å²) in [5, 5.41) is 31.7. The molecule has 1 atom stereocenters. The predicted molar refractivity (Wildman–Crippen MR) is 154 cm³/mol. The molecule has 43 heavy (non-hydrogen) atoms. The summed E-state index contributed by atoms with van der Waals surface area (Å²) >= 11 is 0. The molecule has 0 amide bonds. The van der Waals surface area contributed by atoms with Gasteiger partial charge in [-0.05, 0) is 36.1 Å². The summed E-state index contributed by atoms with van der Waals surface area (Å²) in [5.41, 5.74) is -2.56. The van der Waals surface area contributed by atoms with E-state index in [1.807, 2.05) is 0 Å². The second-order valence-electron chi connectivity index (χ2n) is 10.6. The van der Waals surface area contributed by atoms with Crippen LogP contribution in [0.2, 0.25) is 0 Å². The minimum Gasteiger partial charge on any atom is -0.491 e. The minimum atomic E-state index is -5.05. The number of piperidine rings is 1. The van der Waals surface area contributed by atoms with Gasteiger partial charge in [-0.15, -0.1) is 0 Å². The molecule has 2 aromatic carbocycles. The van der Waals surface area contributed by atoms with Crippen LogP contribution in [0.4, 0.5) is 18.9 Å². The lowest BCUT2D eigenvalue weighted by Gasteiger charge is -2.39. The Morgan fingerprint density at radius 1 is 1.12 bits per heavy atom. The number of nitrogens with zero attached hydrogens (tertiary/aromatic N) is 3. The van der Waals surface area contributed by atoms with E-state index in [0.717, 1.165) is 11.6 Å². The molecule has 0 saturated carbocycles. The Balaban J connectivity index is 1.55. The Labute approximate surface area is 245 Å². The lowest BCUT2D eigenvalue weighted by molar-refractivity contribution is -0.384. The molecule has 12 heteroatoms. The van der Waals surface area contributed by atoms with Crippen molar-refractivity contribution in [2.45, 2.75) is 43.7 Å². The van der Waals surface area contributed by atoms with Crippen LogP contribution in [0.1, 0.15) is 30.4 Å². The molecule has 3 aromatic rings. The Morgan fingerprint density at radius 2 is 1.79 bits per heavy atom. The highest BCUT2D eigenvalue weighted by atomic mass is 19.4. The molecule has 0 bridgehead atoms. The number of rotatable bonds is 12. The zero-order valence-electron chi connectivity index (χ0n) is 23.3. The predicted octanol–water partition coefficient (Wildman–Crippen LogP) is 5.93. The summed E-state index contributed by atoms with van der Waals surface area (Å²) in [7, 11) is 0. The molecule has 2 N–H and O–H groups in total. The molecular formula is C31H32F3N3O6. The summed E-state index contributed by atoms with van der Waals surface area (Å²) in [6.45, 7) is 7.25. The van der Waals surface area contributed by atoms with Gasteiger partial charge in [0.1, 0.15) is 11.9 Å².